The molecule has 4 nitrogen and oxygen atoms in total. The molecule has 0 aliphatic rings. The maximum absolute atomic E-state index is 13.9. The second-order valence-corrected chi connectivity index (χ2v) is 4.70. The largest absolute Gasteiger partial charge is 0.494 e. The van der Waals surface area contributed by atoms with Crippen molar-refractivity contribution in [3.05, 3.63) is 35.3 Å². The van der Waals surface area contributed by atoms with E-state index < -0.39 is 5.82 Å². The van der Waals surface area contributed by atoms with Crippen molar-refractivity contribution in [3.63, 3.8) is 0 Å². The predicted octanol–water partition coefficient (Wildman–Crippen LogP) is 3.59. The quantitative estimate of drug-likeness (QED) is 0.913. The highest BCUT2D eigenvalue weighted by atomic mass is 19.1. The Labute approximate surface area is 124 Å². The molecule has 0 fully saturated rings. The minimum Gasteiger partial charge on any atom is -0.494 e. The second kappa shape index (κ2) is 6.52. The Morgan fingerprint density at radius 3 is 2.57 bits per heavy atom. The molecule has 1 heterocycles. The van der Waals surface area contributed by atoms with Gasteiger partial charge in [-0.3, -0.25) is 0 Å². The topological polar surface area (TPSA) is 47.0 Å². The van der Waals surface area contributed by atoms with Crippen LogP contribution in [0.15, 0.2) is 18.2 Å². The molecule has 112 valence electrons. The van der Waals surface area contributed by atoms with Gasteiger partial charge in [-0.25, -0.2) is 14.4 Å². The van der Waals surface area contributed by atoms with E-state index in [0.29, 0.717) is 11.4 Å². The summed E-state index contributed by atoms with van der Waals surface area (Å²) in [5.41, 5.74) is 2.64. The van der Waals surface area contributed by atoms with Crippen molar-refractivity contribution in [3.8, 4) is 17.1 Å². The number of hydrogen-bond donors (Lipinski definition) is 1. The third-order valence-electron chi connectivity index (χ3n) is 3.34. The molecule has 0 saturated heterocycles. The average Bonchev–Trinajstić information content (AvgIpc) is 2.49. The van der Waals surface area contributed by atoms with Crippen LogP contribution in [0.25, 0.3) is 11.4 Å². The number of nitrogens with zero attached hydrogens (tertiary/aromatic N) is 2. The predicted molar refractivity (Wildman–Crippen MR) is 82.3 cm³/mol. The monoisotopic (exact) mass is 289 g/mol. The molecule has 0 aliphatic carbocycles. The number of hydrogen-bond acceptors (Lipinski definition) is 4. The van der Waals surface area contributed by atoms with Crippen molar-refractivity contribution in [2.24, 2.45) is 0 Å². The first kappa shape index (κ1) is 15.2. The summed E-state index contributed by atoms with van der Waals surface area (Å²) < 4.78 is 18.8. The molecule has 0 unspecified atom stereocenters. The molecule has 1 N–H and O–H groups in total. The summed E-state index contributed by atoms with van der Waals surface area (Å²) in [4.78, 5) is 9.05. The molecule has 0 radical (unpaired) electrons. The summed E-state index contributed by atoms with van der Waals surface area (Å²) in [5, 5.41) is 3.23. The minimum absolute atomic E-state index is 0.216. The first-order valence-electron chi connectivity index (χ1n) is 7.06. The Kier molecular flexibility index (Phi) is 4.73. The van der Waals surface area contributed by atoms with Crippen LogP contribution in [0.3, 0.4) is 0 Å². The molecule has 0 atom stereocenters. The number of rotatable bonds is 5. The molecule has 0 saturated carbocycles. The second-order valence-electron chi connectivity index (χ2n) is 4.70. The summed E-state index contributed by atoms with van der Waals surface area (Å²) in [6, 6.07) is 4.76. The minimum atomic E-state index is -0.415. The Morgan fingerprint density at radius 2 is 2.00 bits per heavy atom. The van der Waals surface area contributed by atoms with Crippen molar-refractivity contribution < 1.29 is 9.13 Å². The van der Waals surface area contributed by atoms with Crippen molar-refractivity contribution in [2.45, 2.75) is 27.2 Å². The van der Waals surface area contributed by atoms with Gasteiger partial charge in [0.15, 0.2) is 17.4 Å². The van der Waals surface area contributed by atoms with Crippen LogP contribution in [0.2, 0.25) is 0 Å². The number of nitrogens with one attached hydrogen (secondary N) is 1. The number of aromatic nitrogens is 2. The maximum Gasteiger partial charge on any atom is 0.165 e. The lowest BCUT2D eigenvalue weighted by atomic mass is 10.1. The summed E-state index contributed by atoms with van der Waals surface area (Å²) in [7, 11) is 1.44. The van der Waals surface area contributed by atoms with Gasteiger partial charge in [0.2, 0.25) is 0 Å². The van der Waals surface area contributed by atoms with E-state index in [1.165, 1.54) is 13.2 Å². The summed E-state index contributed by atoms with van der Waals surface area (Å²) in [6.07, 6.45) is 0.804. The van der Waals surface area contributed by atoms with Crippen LogP contribution in [0, 0.1) is 12.7 Å². The fraction of sp³-hybridized carbons (Fsp3) is 0.375. The van der Waals surface area contributed by atoms with E-state index in [9.17, 15) is 4.39 Å². The molecule has 5 heteroatoms. The van der Waals surface area contributed by atoms with Crippen LogP contribution >= 0.6 is 0 Å². The van der Waals surface area contributed by atoms with E-state index in [4.69, 9.17) is 4.74 Å². The molecule has 2 rings (SSSR count). The van der Waals surface area contributed by atoms with Crippen molar-refractivity contribution in [1.82, 2.24) is 9.97 Å². The van der Waals surface area contributed by atoms with Gasteiger partial charge in [0, 0.05) is 23.4 Å². The number of methoxy groups -OCH3 is 1. The number of aryl methyl sites for hydroxylation is 1. The first-order chi connectivity index (χ1) is 10.1. The van der Waals surface area contributed by atoms with Gasteiger partial charge in [-0.05, 0) is 38.5 Å². The average molecular weight is 289 g/mol. The van der Waals surface area contributed by atoms with E-state index >= 15 is 0 Å². The molecule has 0 bridgehead atoms. The summed E-state index contributed by atoms with van der Waals surface area (Å²) in [5.74, 6) is 1.13. The molecular weight excluding hydrogens is 269 g/mol. The molecular formula is C16H20FN3O. The van der Waals surface area contributed by atoms with Crippen molar-refractivity contribution >= 4 is 5.82 Å². The van der Waals surface area contributed by atoms with Crippen molar-refractivity contribution in [2.75, 3.05) is 19.0 Å². The molecule has 1 aromatic carbocycles. The SMILES string of the molecule is CCNc1nc(-c2ccc(OC)c(F)c2)nc(CC)c1C. The summed E-state index contributed by atoms with van der Waals surface area (Å²) >= 11 is 0. The maximum atomic E-state index is 13.9. The van der Waals surface area contributed by atoms with E-state index in [0.717, 1.165) is 30.0 Å². The van der Waals surface area contributed by atoms with E-state index in [-0.39, 0.29) is 5.75 Å². The highest BCUT2D eigenvalue weighted by molar-refractivity contribution is 5.61. The van der Waals surface area contributed by atoms with Crippen LogP contribution in [-0.2, 0) is 6.42 Å². The van der Waals surface area contributed by atoms with Gasteiger partial charge >= 0.3 is 0 Å². The lowest BCUT2D eigenvalue weighted by Gasteiger charge is -2.13. The smallest absolute Gasteiger partial charge is 0.165 e. The van der Waals surface area contributed by atoms with Gasteiger partial charge in [-0.2, -0.15) is 0 Å². The standard InChI is InChI=1S/C16H20FN3O/c1-5-13-10(3)15(18-6-2)20-16(19-13)11-7-8-14(21-4)12(17)9-11/h7-9H,5-6H2,1-4H3,(H,18,19,20). The van der Waals surface area contributed by atoms with E-state index in [1.54, 1.807) is 12.1 Å². The molecule has 2 aromatic rings. The number of ether oxygens (including phenoxy) is 1. The highest BCUT2D eigenvalue weighted by Gasteiger charge is 2.12. The van der Waals surface area contributed by atoms with Crippen LogP contribution in [0.1, 0.15) is 25.1 Å². The Balaban J connectivity index is 2.52. The van der Waals surface area contributed by atoms with Gasteiger partial charge < -0.3 is 10.1 Å². The van der Waals surface area contributed by atoms with Crippen LogP contribution in [0.4, 0.5) is 10.2 Å². The molecule has 21 heavy (non-hydrogen) atoms. The molecule has 0 amide bonds. The number of anilines is 1. The van der Waals surface area contributed by atoms with Crippen LogP contribution in [0.5, 0.6) is 5.75 Å². The Morgan fingerprint density at radius 1 is 1.24 bits per heavy atom. The number of halogens is 1. The fourth-order valence-corrected chi connectivity index (χ4v) is 2.18. The molecule has 0 spiro atoms. The lowest BCUT2D eigenvalue weighted by molar-refractivity contribution is 0.386. The van der Waals surface area contributed by atoms with E-state index in [2.05, 4.69) is 15.3 Å². The zero-order chi connectivity index (χ0) is 15.4. The van der Waals surface area contributed by atoms with Gasteiger partial charge in [-0.15, -0.1) is 0 Å². The van der Waals surface area contributed by atoms with Gasteiger partial charge in [0.25, 0.3) is 0 Å². The van der Waals surface area contributed by atoms with Gasteiger partial charge in [0.1, 0.15) is 5.82 Å². The third-order valence-corrected chi connectivity index (χ3v) is 3.34. The lowest BCUT2D eigenvalue weighted by Crippen LogP contribution is -2.07. The zero-order valence-corrected chi connectivity index (χ0v) is 12.8. The van der Waals surface area contributed by atoms with Crippen LogP contribution in [-0.4, -0.2) is 23.6 Å². The van der Waals surface area contributed by atoms with Gasteiger partial charge in [0.05, 0.1) is 7.11 Å². The van der Waals surface area contributed by atoms with Crippen molar-refractivity contribution in [1.29, 1.82) is 0 Å². The number of benzene rings is 1. The first-order valence-corrected chi connectivity index (χ1v) is 7.06. The van der Waals surface area contributed by atoms with Gasteiger partial charge in [-0.1, -0.05) is 6.92 Å². The Bertz CT molecular complexity index is 644. The highest BCUT2D eigenvalue weighted by Crippen LogP contribution is 2.26. The third kappa shape index (κ3) is 3.12. The Hall–Kier alpha value is -2.17. The molecule has 1 aromatic heterocycles. The fourth-order valence-electron chi connectivity index (χ4n) is 2.18. The zero-order valence-electron chi connectivity index (χ0n) is 12.8. The normalized spacial score (nSPS) is 10.5. The van der Waals surface area contributed by atoms with Crippen LogP contribution < -0.4 is 10.1 Å². The molecule has 0 aliphatic heterocycles. The summed E-state index contributed by atoms with van der Waals surface area (Å²) in [6.45, 7) is 6.83. The van der Waals surface area contributed by atoms with E-state index in [1.807, 2.05) is 20.8 Å².